The molecule has 0 aliphatic carbocycles. The van der Waals surface area contributed by atoms with Crippen LogP contribution in [0.4, 0.5) is 52.7 Å². The van der Waals surface area contributed by atoms with Crippen LogP contribution in [0.25, 0.3) is 0 Å². The SMILES string of the molecule is O=S(=O)(c1cccc(C(F)(C(F)(F)F)C(F)(F)C(F)(F)F)c1)C(F)(F)F. The van der Waals surface area contributed by atoms with E-state index in [1.807, 2.05) is 0 Å². The summed E-state index contributed by atoms with van der Waals surface area (Å²) in [7, 11) is -6.45. The van der Waals surface area contributed by atoms with Gasteiger partial charge in [-0.05, 0) is 12.1 Å². The lowest BCUT2D eigenvalue weighted by atomic mass is 9.88. The zero-order valence-electron chi connectivity index (χ0n) is 11.6. The van der Waals surface area contributed by atoms with Crippen LogP contribution in [0.15, 0.2) is 29.2 Å². The molecular weight excluding hydrogens is 424 g/mol. The van der Waals surface area contributed by atoms with Crippen molar-refractivity contribution in [1.82, 2.24) is 0 Å². The first-order valence-corrected chi connectivity index (χ1v) is 7.31. The molecule has 0 N–H and O–H groups in total. The maximum Gasteiger partial charge on any atom is 0.501 e. The van der Waals surface area contributed by atoms with Gasteiger partial charge in [-0.15, -0.1) is 0 Å². The van der Waals surface area contributed by atoms with Crippen LogP contribution in [0.2, 0.25) is 0 Å². The molecule has 1 rings (SSSR count). The summed E-state index contributed by atoms with van der Waals surface area (Å²) in [6, 6.07) is -1.31. The maximum absolute atomic E-state index is 14.1. The van der Waals surface area contributed by atoms with Crippen LogP contribution >= 0.6 is 0 Å². The third kappa shape index (κ3) is 3.20. The smallest absolute Gasteiger partial charge is 0.221 e. The average molecular weight is 428 g/mol. The fourth-order valence-corrected chi connectivity index (χ4v) is 2.54. The Bertz CT molecular complexity index is 774. The Labute approximate surface area is 136 Å². The summed E-state index contributed by atoms with van der Waals surface area (Å²) in [6.07, 6.45) is -14.1. The predicted octanol–water partition coefficient (Wildman–Crippen LogP) is 4.90. The van der Waals surface area contributed by atoms with Crippen LogP contribution in [-0.4, -0.2) is 32.2 Å². The van der Waals surface area contributed by atoms with E-state index in [0.29, 0.717) is 0 Å². The molecular formula is C11H4F12O2S. The molecule has 0 heterocycles. The highest BCUT2D eigenvalue weighted by molar-refractivity contribution is 7.92. The third-order valence-corrected chi connectivity index (χ3v) is 4.51. The Balaban J connectivity index is 3.82. The van der Waals surface area contributed by atoms with Gasteiger partial charge in [0.1, 0.15) is 0 Å². The Hall–Kier alpha value is -1.67. The largest absolute Gasteiger partial charge is 0.501 e. The second kappa shape index (κ2) is 5.92. The van der Waals surface area contributed by atoms with Crippen molar-refractivity contribution in [2.75, 3.05) is 0 Å². The van der Waals surface area contributed by atoms with Gasteiger partial charge in [0.25, 0.3) is 9.84 Å². The molecule has 0 saturated carbocycles. The van der Waals surface area contributed by atoms with Crippen molar-refractivity contribution in [3.05, 3.63) is 29.8 Å². The number of hydrogen-bond donors (Lipinski definition) is 0. The summed E-state index contributed by atoms with van der Waals surface area (Å²) in [5.74, 6) is -7.14. The molecule has 1 atom stereocenters. The molecule has 0 amide bonds. The lowest BCUT2D eigenvalue weighted by Gasteiger charge is -2.36. The predicted molar refractivity (Wildman–Crippen MR) is 59.5 cm³/mol. The molecule has 1 aromatic rings. The monoisotopic (exact) mass is 428 g/mol. The van der Waals surface area contributed by atoms with Crippen molar-refractivity contribution in [3.8, 4) is 0 Å². The first-order chi connectivity index (χ1) is 11.2. The van der Waals surface area contributed by atoms with Gasteiger partial charge in [0.15, 0.2) is 0 Å². The quantitative estimate of drug-likeness (QED) is 0.642. The van der Waals surface area contributed by atoms with Gasteiger partial charge in [0.2, 0.25) is 0 Å². The number of sulfone groups is 1. The van der Waals surface area contributed by atoms with Crippen LogP contribution in [0.1, 0.15) is 5.56 Å². The Morgan fingerprint density at radius 2 is 1.15 bits per heavy atom. The number of rotatable bonds is 3. The van der Waals surface area contributed by atoms with Gasteiger partial charge in [-0.3, -0.25) is 0 Å². The molecule has 0 saturated heterocycles. The van der Waals surface area contributed by atoms with E-state index in [9.17, 15) is 61.1 Å². The van der Waals surface area contributed by atoms with Crippen molar-refractivity contribution in [2.24, 2.45) is 0 Å². The zero-order valence-corrected chi connectivity index (χ0v) is 12.4. The van der Waals surface area contributed by atoms with E-state index in [1.54, 1.807) is 0 Å². The molecule has 0 bridgehead atoms. The highest BCUT2D eigenvalue weighted by Crippen LogP contribution is 2.58. The molecule has 150 valence electrons. The molecule has 0 aromatic heterocycles. The van der Waals surface area contributed by atoms with Crippen LogP contribution in [-0.2, 0) is 15.5 Å². The van der Waals surface area contributed by atoms with E-state index in [1.165, 1.54) is 0 Å². The Morgan fingerprint density at radius 1 is 0.692 bits per heavy atom. The Kier molecular flexibility index (Phi) is 5.09. The summed E-state index contributed by atoms with van der Waals surface area (Å²) in [5.41, 5.74) is -15.3. The van der Waals surface area contributed by atoms with Crippen LogP contribution in [0.5, 0.6) is 0 Å². The van der Waals surface area contributed by atoms with Gasteiger partial charge in [0, 0.05) is 5.56 Å². The van der Waals surface area contributed by atoms with E-state index in [2.05, 4.69) is 0 Å². The van der Waals surface area contributed by atoms with E-state index in [0.717, 1.165) is 0 Å². The van der Waals surface area contributed by atoms with Gasteiger partial charge >= 0.3 is 29.5 Å². The molecule has 0 spiro atoms. The molecule has 26 heavy (non-hydrogen) atoms. The second-order valence-corrected chi connectivity index (χ2v) is 6.65. The van der Waals surface area contributed by atoms with E-state index in [-0.39, 0.29) is 18.2 Å². The molecule has 0 fully saturated rings. The van der Waals surface area contributed by atoms with Crippen LogP contribution in [0, 0.1) is 0 Å². The van der Waals surface area contributed by atoms with Crippen LogP contribution in [0.3, 0.4) is 0 Å². The van der Waals surface area contributed by atoms with Crippen LogP contribution < -0.4 is 0 Å². The normalized spacial score (nSPS) is 17.1. The Morgan fingerprint density at radius 3 is 1.50 bits per heavy atom. The number of alkyl halides is 12. The lowest BCUT2D eigenvalue weighted by Crippen LogP contribution is -2.59. The first kappa shape index (κ1) is 22.4. The number of benzene rings is 1. The summed E-state index contributed by atoms with van der Waals surface area (Å²) < 4.78 is 175. The second-order valence-electron chi connectivity index (χ2n) is 4.71. The van der Waals surface area contributed by atoms with Gasteiger partial charge in [0.05, 0.1) is 4.90 Å². The number of halogens is 12. The standard InChI is InChI=1S/C11H4F12O2S/c12-7(9(15,16)17,8(13,14)10(18,19)20)5-2-1-3-6(4-5)26(24,25)11(21,22)23/h1-4H. The van der Waals surface area contributed by atoms with Gasteiger partial charge in [-0.1, -0.05) is 12.1 Å². The van der Waals surface area contributed by atoms with Crippen molar-refractivity contribution in [2.45, 2.75) is 34.3 Å². The lowest BCUT2D eigenvalue weighted by molar-refractivity contribution is -0.389. The fourth-order valence-electron chi connectivity index (χ4n) is 1.73. The third-order valence-electron chi connectivity index (χ3n) is 3.03. The molecule has 15 heteroatoms. The van der Waals surface area contributed by atoms with Gasteiger partial charge in [-0.2, -0.15) is 48.3 Å². The molecule has 1 unspecified atom stereocenters. The first-order valence-electron chi connectivity index (χ1n) is 5.83. The highest BCUT2D eigenvalue weighted by atomic mass is 32.2. The minimum atomic E-state index is -7.14. The molecule has 0 radical (unpaired) electrons. The topological polar surface area (TPSA) is 34.1 Å². The minimum Gasteiger partial charge on any atom is -0.221 e. The van der Waals surface area contributed by atoms with E-state index < -0.39 is 55.8 Å². The highest BCUT2D eigenvalue weighted by Gasteiger charge is 2.81. The summed E-state index contributed by atoms with van der Waals surface area (Å²) in [6.45, 7) is 0. The fraction of sp³-hybridized carbons (Fsp3) is 0.455. The molecule has 0 aliphatic rings. The van der Waals surface area contributed by atoms with E-state index in [4.69, 9.17) is 0 Å². The maximum atomic E-state index is 14.1. The average Bonchev–Trinajstić information content (AvgIpc) is 2.42. The molecule has 0 aliphatic heterocycles. The molecule has 1 aromatic carbocycles. The summed E-state index contributed by atoms with van der Waals surface area (Å²) >= 11 is 0. The molecule has 2 nitrogen and oxygen atoms in total. The summed E-state index contributed by atoms with van der Waals surface area (Å²) in [5, 5.41) is 0. The number of hydrogen-bond acceptors (Lipinski definition) is 2. The zero-order chi connectivity index (χ0) is 21.0. The minimum absolute atomic E-state index is 0.0412. The van der Waals surface area contributed by atoms with Crippen molar-refractivity contribution < 1.29 is 61.1 Å². The van der Waals surface area contributed by atoms with Crippen molar-refractivity contribution in [3.63, 3.8) is 0 Å². The van der Waals surface area contributed by atoms with Crippen molar-refractivity contribution >= 4 is 9.84 Å². The van der Waals surface area contributed by atoms with Gasteiger partial charge < -0.3 is 0 Å². The van der Waals surface area contributed by atoms with Crippen molar-refractivity contribution in [1.29, 1.82) is 0 Å². The summed E-state index contributed by atoms with van der Waals surface area (Å²) in [4.78, 5) is -2.15. The van der Waals surface area contributed by atoms with Gasteiger partial charge in [-0.25, -0.2) is 12.8 Å². The van der Waals surface area contributed by atoms with E-state index >= 15 is 0 Å².